The van der Waals surface area contributed by atoms with Gasteiger partial charge in [-0.05, 0) is 30.7 Å². The zero-order valence-corrected chi connectivity index (χ0v) is 15.5. The molecule has 1 aromatic rings. The molecule has 0 aromatic heterocycles. The van der Waals surface area contributed by atoms with Gasteiger partial charge in [0.1, 0.15) is 17.2 Å². The number of aliphatic hydroxyl groups excluding tert-OH is 1. The van der Waals surface area contributed by atoms with Gasteiger partial charge in [0.15, 0.2) is 5.79 Å². The summed E-state index contributed by atoms with van der Waals surface area (Å²) in [5, 5.41) is 17.1. The van der Waals surface area contributed by atoms with Gasteiger partial charge < -0.3 is 19.7 Å². The van der Waals surface area contributed by atoms with Gasteiger partial charge in [0.2, 0.25) is 10.0 Å². The van der Waals surface area contributed by atoms with Crippen molar-refractivity contribution in [3.63, 3.8) is 0 Å². The number of ether oxygens (including phenoxy) is 2. The lowest BCUT2D eigenvalue weighted by atomic mass is 9.94. The molecule has 1 spiro atoms. The minimum atomic E-state index is -4.20. The maximum Gasteiger partial charge on any atom is 0.332 e. The zero-order chi connectivity index (χ0) is 19.8. The number of carbonyl (C=O) groups is 1. The molecule has 8 nitrogen and oxygen atoms in total. The summed E-state index contributed by atoms with van der Waals surface area (Å²) >= 11 is 5.84. The molecule has 0 saturated carbocycles. The van der Waals surface area contributed by atoms with Crippen LogP contribution in [-0.4, -0.2) is 55.0 Å². The van der Waals surface area contributed by atoms with E-state index < -0.39 is 44.5 Å². The number of nitrogens with one attached hydrogen (secondary N) is 1. The van der Waals surface area contributed by atoms with Gasteiger partial charge in [-0.15, -0.1) is 0 Å². The van der Waals surface area contributed by atoms with Crippen molar-refractivity contribution >= 4 is 33.3 Å². The van der Waals surface area contributed by atoms with E-state index in [0.29, 0.717) is 0 Å². The van der Waals surface area contributed by atoms with Crippen molar-refractivity contribution in [2.45, 2.75) is 30.0 Å². The Bertz CT molecular complexity index is 891. The normalized spacial score (nSPS) is 28.2. The van der Waals surface area contributed by atoms with E-state index in [0.717, 1.165) is 24.3 Å². The monoisotopic (exact) mass is 421 g/mol. The highest BCUT2D eigenvalue weighted by Crippen LogP contribution is 2.39. The second-order valence-electron chi connectivity index (χ2n) is 6.25. The van der Waals surface area contributed by atoms with Crippen molar-refractivity contribution in [2.75, 3.05) is 17.9 Å². The topological polar surface area (TPSA) is 122 Å². The first-order valence-electron chi connectivity index (χ1n) is 8.01. The molecule has 27 heavy (non-hydrogen) atoms. The fourth-order valence-electron chi connectivity index (χ4n) is 3.09. The molecule has 3 N–H and O–H groups in total. The van der Waals surface area contributed by atoms with Gasteiger partial charge >= 0.3 is 5.97 Å². The second-order valence-corrected chi connectivity index (χ2v) is 8.52. The fourth-order valence-corrected chi connectivity index (χ4v) is 4.92. The number of sulfonamides is 1. The third-order valence-corrected chi connectivity index (χ3v) is 6.42. The number of anilines is 1. The summed E-state index contributed by atoms with van der Waals surface area (Å²) in [7, 11) is -4.20. The molecule has 3 rings (SSSR count). The van der Waals surface area contributed by atoms with Crippen molar-refractivity contribution < 1.29 is 37.3 Å². The molecule has 1 fully saturated rings. The summed E-state index contributed by atoms with van der Waals surface area (Å²) in [6.45, 7) is -0.231. The van der Waals surface area contributed by atoms with Crippen molar-refractivity contribution in [1.82, 2.24) is 0 Å². The SMILES string of the molecule is O=C(O)C1=CC2(CCC1S(=O)(=O)Nc1ccc(F)cc1Cl)OC[C@H](CO)O2. The maximum absolute atomic E-state index is 13.1. The van der Waals surface area contributed by atoms with E-state index in [4.69, 9.17) is 26.2 Å². The van der Waals surface area contributed by atoms with E-state index in [1.165, 1.54) is 0 Å². The van der Waals surface area contributed by atoms with Crippen LogP contribution in [0.15, 0.2) is 29.8 Å². The molecule has 3 atom stereocenters. The Morgan fingerprint density at radius 1 is 1.44 bits per heavy atom. The van der Waals surface area contributed by atoms with E-state index in [1.54, 1.807) is 0 Å². The highest BCUT2D eigenvalue weighted by atomic mass is 35.5. The summed E-state index contributed by atoms with van der Waals surface area (Å²) in [4.78, 5) is 11.7. The summed E-state index contributed by atoms with van der Waals surface area (Å²) in [5.74, 6) is -3.45. The highest BCUT2D eigenvalue weighted by Gasteiger charge is 2.48. The molecule has 1 saturated heterocycles. The van der Waals surface area contributed by atoms with Crippen LogP contribution in [0.3, 0.4) is 0 Å². The number of aliphatic carboxylic acids is 1. The van der Waals surface area contributed by atoms with Gasteiger partial charge in [0, 0.05) is 6.42 Å². The van der Waals surface area contributed by atoms with Crippen LogP contribution in [0.1, 0.15) is 12.8 Å². The average molecular weight is 422 g/mol. The quantitative estimate of drug-likeness (QED) is 0.658. The lowest BCUT2D eigenvalue weighted by Gasteiger charge is -2.33. The van der Waals surface area contributed by atoms with Crippen LogP contribution in [0.25, 0.3) is 0 Å². The average Bonchev–Trinajstić information content (AvgIpc) is 2.99. The van der Waals surface area contributed by atoms with Gasteiger partial charge in [-0.25, -0.2) is 17.6 Å². The molecule has 0 bridgehead atoms. The minimum Gasteiger partial charge on any atom is -0.478 e. The van der Waals surface area contributed by atoms with Gasteiger partial charge in [-0.1, -0.05) is 11.6 Å². The van der Waals surface area contributed by atoms with Gasteiger partial charge in [0.05, 0.1) is 29.5 Å². The van der Waals surface area contributed by atoms with Crippen molar-refractivity contribution in [1.29, 1.82) is 0 Å². The van der Waals surface area contributed by atoms with E-state index in [9.17, 15) is 22.7 Å². The number of benzene rings is 1. The number of carboxylic acids is 1. The predicted octanol–water partition coefficient (Wildman–Crippen LogP) is 1.50. The highest BCUT2D eigenvalue weighted by molar-refractivity contribution is 7.93. The number of aliphatic hydroxyl groups is 1. The Labute approximate surface area is 159 Å². The first-order valence-corrected chi connectivity index (χ1v) is 9.93. The molecule has 1 aliphatic carbocycles. The van der Waals surface area contributed by atoms with Crippen molar-refractivity contribution in [2.24, 2.45) is 0 Å². The lowest BCUT2D eigenvalue weighted by molar-refractivity contribution is -0.146. The molecular weight excluding hydrogens is 405 g/mol. The van der Waals surface area contributed by atoms with Crippen LogP contribution >= 0.6 is 11.6 Å². The van der Waals surface area contributed by atoms with Crippen LogP contribution in [0.2, 0.25) is 5.02 Å². The summed E-state index contributed by atoms with van der Waals surface area (Å²) in [5.41, 5.74) is -0.470. The fraction of sp³-hybridized carbons (Fsp3) is 0.438. The molecular formula is C16H17ClFNO7S. The molecule has 2 aliphatic rings. The zero-order valence-electron chi connectivity index (χ0n) is 13.9. The Balaban J connectivity index is 1.90. The molecule has 2 unspecified atom stereocenters. The van der Waals surface area contributed by atoms with E-state index >= 15 is 0 Å². The predicted molar refractivity (Wildman–Crippen MR) is 93.3 cm³/mol. The maximum atomic E-state index is 13.1. The molecule has 148 valence electrons. The Morgan fingerprint density at radius 2 is 2.19 bits per heavy atom. The van der Waals surface area contributed by atoms with Crippen LogP contribution in [0.5, 0.6) is 0 Å². The molecule has 11 heteroatoms. The van der Waals surface area contributed by atoms with E-state index in [2.05, 4.69) is 4.72 Å². The minimum absolute atomic E-state index is 0.0585. The molecule has 0 amide bonds. The van der Waals surface area contributed by atoms with Gasteiger partial charge in [0.25, 0.3) is 0 Å². The Morgan fingerprint density at radius 3 is 2.78 bits per heavy atom. The number of halogens is 2. The summed E-state index contributed by atoms with van der Waals surface area (Å²) in [6.07, 6.45) is 0.513. The second kappa shape index (κ2) is 7.36. The number of hydrogen-bond acceptors (Lipinski definition) is 6. The number of carboxylic acid groups (broad SMARTS) is 1. The first-order chi connectivity index (χ1) is 12.7. The molecule has 1 heterocycles. The van der Waals surface area contributed by atoms with Crippen molar-refractivity contribution in [3.8, 4) is 0 Å². The largest absolute Gasteiger partial charge is 0.478 e. The van der Waals surface area contributed by atoms with Crippen molar-refractivity contribution in [3.05, 3.63) is 40.7 Å². The van der Waals surface area contributed by atoms with E-state index in [1.807, 2.05) is 0 Å². The van der Waals surface area contributed by atoms with Crippen LogP contribution in [-0.2, 0) is 24.3 Å². The van der Waals surface area contributed by atoms with Gasteiger partial charge in [-0.2, -0.15) is 0 Å². The van der Waals surface area contributed by atoms with E-state index in [-0.39, 0.29) is 36.8 Å². The summed E-state index contributed by atoms with van der Waals surface area (Å²) in [6, 6.07) is 3.12. The van der Waals surface area contributed by atoms with Gasteiger partial charge in [-0.3, -0.25) is 4.72 Å². The molecule has 1 aromatic carbocycles. The Kier molecular flexibility index (Phi) is 5.46. The summed E-state index contributed by atoms with van der Waals surface area (Å²) < 4.78 is 51.9. The van der Waals surface area contributed by atoms with Crippen LogP contribution < -0.4 is 4.72 Å². The molecule has 0 radical (unpaired) electrons. The third kappa shape index (κ3) is 4.09. The first kappa shape index (κ1) is 20.0. The smallest absolute Gasteiger partial charge is 0.332 e. The van der Waals surface area contributed by atoms with Crippen LogP contribution in [0.4, 0.5) is 10.1 Å². The standard InChI is InChI=1S/C16H17ClFNO7S/c17-12-5-9(18)1-2-13(12)19-27(23,24)14-3-4-16(6-11(14)15(21)22)25-8-10(7-20)26-16/h1-2,5-6,10,14,19-20H,3-4,7-8H2,(H,21,22)/t10-,14?,16?/m0/s1. The lowest BCUT2D eigenvalue weighted by Crippen LogP contribution is -2.42. The Hall–Kier alpha value is -1.72. The number of rotatable bonds is 5. The number of hydrogen-bond donors (Lipinski definition) is 3. The van der Waals surface area contributed by atoms with Crippen LogP contribution in [0, 0.1) is 5.82 Å². The third-order valence-electron chi connectivity index (χ3n) is 4.37. The molecule has 1 aliphatic heterocycles.